The first-order valence-corrected chi connectivity index (χ1v) is 7.82. The molecule has 5 nitrogen and oxygen atoms in total. The summed E-state index contributed by atoms with van der Waals surface area (Å²) < 4.78 is 5.43. The van der Waals surface area contributed by atoms with Gasteiger partial charge < -0.3 is 14.5 Å². The van der Waals surface area contributed by atoms with Crippen LogP contribution in [0.4, 0.5) is 0 Å². The van der Waals surface area contributed by atoms with Crippen molar-refractivity contribution in [3.63, 3.8) is 0 Å². The van der Waals surface area contributed by atoms with Crippen LogP contribution < -0.4 is 0 Å². The molecule has 2 amide bonds. The Kier molecular flexibility index (Phi) is 4.16. The molecule has 0 aliphatic carbocycles. The van der Waals surface area contributed by atoms with Gasteiger partial charge in [-0.2, -0.15) is 0 Å². The van der Waals surface area contributed by atoms with Gasteiger partial charge in [-0.1, -0.05) is 30.3 Å². The molecule has 3 atom stereocenters. The molecule has 3 rings (SSSR count). The van der Waals surface area contributed by atoms with E-state index < -0.39 is 12.1 Å². The Balaban J connectivity index is 1.82. The molecular weight excluding hydrogens is 280 g/mol. The summed E-state index contributed by atoms with van der Waals surface area (Å²) >= 11 is 0. The Bertz CT molecular complexity index is 560. The molecule has 22 heavy (non-hydrogen) atoms. The second-order valence-corrected chi connectivity index (χ2v) is 6.02. The molecule has 0 N–H and O–H groups in total. The number of piperazine rings is 1. The highest BCUT2D eigenvalue weighted by Crippen LogP contribution is 2.28. The minimum atomic E-state index is -0.649. The maximum atomic E-state index is 12.9. The van der Waals surface area contributed by atoms with Crippen molar-refractivity contribution in [1.29, 1.82) is 0 Å². The number of nitrogens with zero attached hydrogens (tertiary/aromatic N) is 2. The molecule has 1 aromatic carbocycles. The summed E-state index contributed by atoms with van der Waals surface area (Å²) in [5.41, 5.74) is 0.823. The zero-order valence-corrected chi connectivity index (χ0v) is 13.1. The lowest BCUT2D eigenvalue weighted by Gasteiger charge is -2.42. The first-order chi connectivity index (χ1) is 10.6. The van der Waals surface area contributed by atoms with Gasteiger partial charge in [0.05, 0.1) is 0 Å². The van der Waals surface area contributed by atoms with E-state index in [2.05, 4.69) is 0 Å². The zero-order valence-electron chi connectivity index (χ0n) is 13.1. The van der Waals surface area contributed by atoms with E-state index in [0.717, 1.165) is 24.9 Å². The smallest absolute Gasteiger partial charge is 0.257 e. The average Bonchev–Trinajstić information content (AvgIpc) is 3.01. The minimum Gasteiger partial charge on any atom is -0.367 e. The van der Waals surface area contributed by atoms with Crippen LogP contribution in [0.5, 0.6) is 0 Å². The molecule has 118 valence electrons. The van der Waals surface area contributed by atoms with Crippen LogP contribution in [0.1, 0.15) is 31.4 Å². The van der Waals surface area contributed by atoms with E-state index in [9.17, 15) is 9.59 Å². The largest absolute Gasteiger partial charge is 0.367 e. The van der Waals surface area contributed by atoms with E-state index in [1.807, 2.05) is 42.2 Å². The van der Waals surface area contributed by atoms with E-state index in [1.165, 1.54) is 7.11 Å². The number of fused-ring (bicyclic) bond motifs is 1. The molecule has 0 bridgehead atoms. The van der Waals surface area contributed by atoms with Gasteiger partial charge in [0, 0.05) is 26.2 Å². The molecule has 5 heteroatoms. The van der Waals surface area contributed by atoms with Crippen LogP contribution in [0.25, 0.3) is 0 Å². The molecule has 0 spiro atoms. The lowest BCUT2D eigenvalue weighted by Crippen LogP contribution is -2.60. The molecule has 1 aromatic rings. The van der Waals surface area contributed by atoms with E-state index >= 15 is 0 Å². The van der Waals surface area contributed by atoms with Crippen LogP contribution in [0, 0.1) is 0 Å². The van der Waals surface area contributed by atoms with E-state index in [1.54, 1.807) is 4.90 Å². The van der Waals surface area contributed by atoms with Crippen molar-refractivity contribution in [2.24, 2.45) is 0 Å². The Morgan fingerprint density at radius 1 is 1.32 bits per heavy atom. The maximum absolute atomic E-state index is 12.9. The molecule has 2 fully saturated rings. The number of hydrogen-bond acceptors (Lipinski definition) is 3. The molecule has 2 aliphatic heterocycles. The van der Waals surface area contributed by atoms with Crippen molar-refractivity contribution in [3.05, 3.63) is 35.9 Å². The predicted molar refractivity (Wildman–Crippen MR) is 82.1 cm³/mol. The molecule has 2 heterocycles. The fraction of sp³-hybridized carbons (Fsp3) is 0.529. The fourth-order valence-electron chi connectivity index (χ4n) is 3.51. The van der Waals surface area contributed by atoms with E-state index in [-0.39, 0.29) is 17.9 Å². The van der Waals surface area contributed by atoms with E-state index in [4.69, 9.17) is 4.74 Å². The van der Waals surface area contributed by atoms with Gasteiger partial charge in [0.1, 0.15) is 6.04 Å². The summed E-state index contributed by atoms with van der Waals surface area (Å²) in [6.45, 7) is 3.24. The highest BCUT2D eigenvalue weighted by atomic mass is 16.5. The fourth-order valence-corrected chi connectivity index (χ4v) is 3.51. The maximum Gasteiger partial charge on any atom is 0.257 e. The second kappa shape index (κ2) is 6.08. The van der Waals surface area contributed by atoms with Gasteiger partial charge in [-0.05, 0) is 25.3 Å². The van der Waals surface area contributed by atoms with Crippen LogP contribution in [0.2, 0.25) is 0 Å². The normalized spacial score (nSPS) is 26.0. The number of rotatable bonds is 3. The molecule has 2 aliphatic rings. The first kappa shape index (κ1) is 15.0. The van der Waals surface area contributed by atoms with Gasteiger partial charge in [-0.3, -0.25) is 9.59 Å². The van der Waals surface area contributed by atoms with E-state index in [0.29, 0.717) is 6.54 Å². The Labute approximate surface area is 130 Å². The predicted octanol–water partition coefficient (Wildman–Crippen LogP) is 1.60. The van der Waals surface area contributed by atoms with Crippen molar-refractivity contribution in [1.82, 2.24) is 9.80 Å². The summed E-state index contributed by atoms with van der Waals surface area (Å²) in [5.74, 6) is -0.0638. The Hall–Kier alpha value is -1.88. The summed E-state index contributed by atoms with van der Waals surface area (Å²) in [6.07, 6.45) is 1.35. The lowest BCUT2D eigenvalue weighted by molar-refractivity contribution is -0.158. The molecule has 0 unspecified atom stereocenters. The quantitative estimate of drug-likeness (QED) is 0.852. The number of amides is 2. The monoisotopic (exact) mass is 302 g/mol. The Morgan fingerprint density at radius 3 is 2.73 bits per heavy atom. The molecule has 0 saturated carbocycles. The third kappa shape index (κ3) is 2.50. The highest BCUT2D eigenvalue weighted by Gasteiger charge is 2.43. The van der Waals surface area contributed by atoms with Gasteiger partial charge in [-0.15, -0.1) is 0 Å². The van der Waals surface area contributed by atoms with Crippen molar-refractivity contribution < 1.29 is 14.3 Å². The number of carbonyl (C=O) groups is 2. The molecule has 2 saturated heterocycles. The van der Waals surface area contributed by atoms with Crippen molar-refractivity contribution >= 4 is 11.8 Å². The summed E-state index contributed by atoms with van der Waals surface area (Å²) in [4.78, 5) is 29.0. The van der Waals surface area contributed by atoms with Crippen LogP contribution >= 0.6 is 0 Å². The van der Waals surface area contributed by atoms with Crippen LogP contribution in [0.3, 0.4) is 0 Å². The van der Waals surface area contributed by atoms with Crippen LogP contribution in [0.15, 0.2) is 30.3 Å². The van der Waals surface area contributed by atoms with Crippen molar-refractivity contribution in [2.45, 2.75) is 38.0 Å². The minimum absolute atomic E-state index is 0.0602. The molecule has 0 aromatic heterocycles. The number of carbonyl (C=O) groups excluding carboxylic acids is 2. The SMILES string of the molecule is CO[C@@H](C(=O)N1C[C@H]2CCCN2C(=O)[C@H]1C)c1ccccc1. The topological polar surface area (TPSA) is 49.9 Å². The van der Waals surface area contributed by atoms with Crippen molar-refractivity contribution in [3.8, 4) is 0 Å². The molecular formula is C17H22N2O3. The van der Waals surface area contributed by atoms with Crippen molar-refractivity contribution in [2.75, 3.05) is 20.2 Å². The van der Waals surface area contributed by atoms with Gasteiger partial charge >= 0.3 is 0 Å². The van der Waals surface area contributed by atoms with Gasteiger partial charge in [0.15, 0.2) is 6.10 Å². The third-order valence-electron chi connectivity index (χ3n) is 4.74. The second-order valence-electron chi connectivity index (χ2n) is 6.02. The summed E-state index contributed by atoms with van der Waals surface area (Å²) in [7, 11) is 1.54. The number of benzene rings is 1. The average molecular weight is 302 g/mol. The van der Waals surface area contributed by atoms with Crippen LogP contribution in [-0.2, 0) is 14.3 Å². The van der Waals surface area contributed by atoms with Gasteiger partial charge in [0.2, 0.25) is 5.91 Å². The number of methoxy groups -OCH3 is 1. The zero-order chi connectivity index (χ0) is 15.7. The van der Waals surface area contributed by atoms with Gasteiger partial charge in [-0.25, -0.2) is 0 Å². The number of ether oxygens (including phenoxy) is 1. The highest BCUT2D eigenvalue weighted by molar-refractivity contribution is 5.91. The number of hydrogen-bond donors (Lipinski definition) is 0. The summed E-state index contributed by atoms with van der Waals surface area (Å²) in [6, 6.07) is 9.19. The first-order valence-electron chi connectivity index (χ1n) is 7.82. The van der Waals surface area contributed by atoms with Gasteiger partial charge in [0.25, 0.3) is 5.91 Å². The standard InChI is InChI=1S/C17H22N2O3/c1-12-16(20)18-10-6-9-14(18)11-19(12)17(21)15(22-2)13-7-4-3-5-8-13/h3-5,7-8,12,14-15H,6,9-11H2,1-2H3/t12-,14-,15-/m1/s1. The molecule has 0 radical (unpaired) electrons. The van der Waals surface area contributed by atoms with Crippen LogP contribution in [-0.4, -0.2) is 53.9 Å². The third-order valence-corrected chi connectivity index (χ3v) is 4.74. The summed E-state index contributed by atoms with van der Waals surface area (Å²) in [5, 5.41) is 0. The Morgan fingerprint density at radius 2 is 2.05 bits per heavy atom. The lowest BCUT2D eigenvalue weighted by atomic mass is 10.0.